The van der Waals surface area contributed by atoms with E-state index in [9.17, 15) is 0 Å². The van der Waals surface area contributed by atoms with Crippen LogP contribution in [0.1, 0.15) is 5.56 Å². The van der Waals surface area contributed by atoms with Crippen LogP contribution < -0.4 is 4.40 Å². The molecule has 1 aliphatic heterocycles. The second kappa shape index (κ2) is 3.19. The Kier molecular flexibility index (Phi) is 1.62. The highest BCUT2D eigenvalue weighted by atomic mass is 32.1. The first-order valence-corrected chi connectivity index (χ1v) is 6.94. The molecule has 0 fully saturated rings. The topological polar surface area (TPSA) is 34.8 Å². The third-order valence-corrected chi connectivity index (χ3v) is 4.84. The molecule has 0 N–H and O–H groups in total. The molecular formula is C14H9N4S+. The smallest absolute Gasteiger partial charge is 0.264 e. The molecule has 1 aliphatic rings. The van der Waals surface area contributed by atoms with Crippen molar-refractivity contribution in [2.75, 3.05) is 0 Å². The second-order valence-electron chi connectivity index (χ2n) is 4.73. The Bertz CT molecular complexity index is 951. The summed E-state index contributed by atoms with van der Waals surface area (Å²) in [6.45, 7) is 0.912. The molecule has 0 atom stereocenters. The SMILES string of the molecule is c1cc2c(cn1)Cn1c-2c[n+]2c3ccncc3sc12. The lowest BCUT2D eigenvalue weighted by Gasteiger charge is -1.91. The van der Waals surface area contributed by atoms with E-state index in [1.165, 1.54) is 32.0 Å². The predicted octanol–water partition coefficient (Wildman–Crippen LogP) is 2.26. The molecule has 0 radical (unpaired) electrons. The van der Waals surface area contributed by atoms with Crippen LogP contribution in [0.15, 0.2) is 43.1 Å². The largest absolute Gasteiger partial charge is 0.347 e. The van der Waals surface area contributed by atoms with Crippen molar-refractivity contribution in [3.8, 4) is 11.3 Å². The molecule has 4 nitrogen and oxygen atoms in total. The van der Waals surface area contributed by atoms with Gasteiger partial charge in [-0.05, 0) is 17.4 Å². The molecule has 0 saturated heterocycles. The minimum absolute atomic E-state index is 0.912. The van der Waals surface area contributed by atoms with Crippen molar-refractivity contribution in [3.05, 3.63) is 48.7 Å². The first-order chi connectivity index (χ1) is 9.42. The number of pyridine rings is 2. The van der Waals surface area contributed by atoms with Crippen molar-refractivity contribution in [2.24, 2.45) is 0 Å². The minimum Gasteiger partial charge on any atom is -0.264 e. The van der Waals surface area contributed by atoms with Gasteiger partial charge < -0.3 is 0 Å². The van der Waals surface area contributed by atoms with Crippen LogP contribution in [0.5, 0.6) is 0 Å². The van der Waals surface area contributed by atoms with Gasteiger partial charge in [0, 0.05) is 42.0 Å². The molecule has 0 amide bonds. The molecular weight excluding hydrogens is 256 g/mol. The van der Waals surface area contributed by atoms with Gasteiger partial charge in [-0.25, -0.2) is 4.57 Å². The van der Waals surface area contributed by atoms with E-state index in [0.29, 0.717) is 0 Å². The van der Waals surface area contributed by atoms with Crippen LogP contribution in [-0.2, 0) is 6.54 Å². The summed E-state index contributed by atoms with van der Waals surface area (Å²) >= 11 is 1.79. The zero-order chi connectivity index (χ0) is 12.4. The summed E-state index contributed by atoms with van der Waals surface area (Å²) in [5.74, 6) is 0. The standard InChI is InChI=1S/C14H9N4S/c1-3-15-5-9-7-17-12(10(1)9)8-18-11-2-4-16-6-13(11)19-14(17)18/h1-6,8H,7H2/q+1. The van der Waals surface area contributed by atoms with Gasteiger partial charge in [-0.1, -0.05) is 0 Å². The molecule has 0 bridgehead atoms. The van der Waals surface area contributed by atoms with Gasteiger partial charge in [0.2, 0.25) is 0 Å². The molecule has 5 heteroatoms. The van der Waals surface area contributed by atoms with E-state index in [1.54, 1.807) is 11.3 Å². The van der Waals surface area contributed by atoms with Crippen molar-refractivity contribution >= 4 is 26.5 Å². The van der Waals surface area contributed by atoms with E-state index in [4.69, 9.17) is 0 Å². The zero-order valence-corrected chi connectivity index (χ0v) is 10.8. The monoisotopic (exact) mass is 265 g/mol. The fourth-order valence-corrected chi connectivity index (χ4v) is 3.95. The molecule has 19 heavy (non-hydrogen) atoms. The quantitative estimate of drug-likeness (QED) is 0.403. The van der Waals surface area contributed by atoms with Crippen LogP contribution in [0, 0.1) is 0 Å². The normalized spacial score (nSPS) is 13.1. The van der Waals surface area contributed by atoms with E-state index in [1.807, 2.05) is 24.8 Å². The lowest BCUT2D eigenvalue weighted by molar-refractivity contribution is -0.476. The lowest BCUT2D eigenvalue weighted by Crippen LogP contribution is -2.16. The molecule has 0 aromatic carbocycles. The van der Waals surface area contributed by atoms with Gasteiger partial charge in [-0.2, -0.15) is 4.40 Å². The van der Waals surface area contributed by atoms with Crippen LogP contribution in [0.25, 0.3) is 26.4 Å². The molecule has 0 spiro atoms. The van der Waals surface area contributed by atoms with Crippen LogP contribution in [0.4, 0.5) is 0 Å². The number of nitrogens with zero attached hydrogens (tertiary/aromatic N) is 4. The third kappa shape index (κ3) is 1.11. The number of rotatable bonds is 0. The first-order valence-electron chi connectivity index (χ1n) is 6.12. The molecule has 0 saturated carbocycles. The van der Waals surface area contributed by atoms with Gasteiger partial charge in [0.25, 0.3) is 0 Å². The van der Waals surface area contributed by atoms with Crippen molar-refractivity contribution in [3.63, 3.8) is 0 Å². The molecule has 0 aliphatic carbocycles. The van der Waals surface area contributed by atoms with Gasteiger partial charge >= 0.3 is 4.96 Å². The predicted molar refractivity (Wildman–Crippen MR) is 73.1 cm³/mol. The molecule has 5 heterocycles. The maximum absolute atomic E-state index is 4.22. The third-order valence-electron chi connectivity index (χ3n) is 3.71. The number of imidazole rings is 1. The fourth-order valence-electron chi connectivity index (χ4n) is 2.85. The van der Waals surface area contributed by atoms with E-state index >= 15 is 0 Å². The maximum Gasteiger partial charge on any atom is 0.347 e. The highest BCUT2D eigenvalue weighted by Crippen LogP contribution is 2.34. The van der Waals surface area contributed by atoms with Crippen molar-refractivity contribution < 1.29 is 4.40 Å². The second-order valence-corrected chi connectivity index (χ2v) is 5.74. The van der Waals surface area contributed by atoms with Gasteiger partial charge in [-0.15, -0.1) is 0 Å². The lowest BCUT2D eigenvalue weighted by atomic mass is 10.1. The van der Waals surface area contributed by atoms with Crippen LogP contribution in [0.3, 0.4) is 0 Å². The molecule has 4 aromatic rings. The molecule has 4 aromatic heterocycles. The van der Waals surface area contributed by atoms with E-state index in [0.717, 1.165) is 6.54 Å². The summed E-state index contributed by atoms with van der Waals surface area (Å²) in [5, 5.41) is 0. The van der Waals surface area contributed by atoms with Crippen molar-refractivity contribution in [2.45, 2.75) is 6.54 Å². The summed E-state index contributed by atoms with van der Waals surface area (Å²) in [4.78, 5) is 9.67. The van der Waals surface area contributed by atoms with Crippen LogP contribution >= 0.6 is 11.3 Å². The van der Waals surface area contributed by atoms with E-state index < -0.39 is 0 Å². The Balaban J connectivity index is 1.93. The Morgan fingerprint density at radius 1 is 1.16 bits per heavy atom. The molecule has 5 rings (SSSR count). The summed E-state index contributed by atoms with van der Waals surface area (Å²) in [6, 6.07) is 4.17. The number of hydrogen-bond acceptors (Lipinski definition) is 3. The first kappa shape index (κ1) is 9.63. The van der Waals surface area contributed by atoms with Gasteiger partial charge in [0.05, 0.1) is 0 Å². The summed E-state index contributed by atoms with van der Waals surface area (Å²) < 4.78 is 5.85. The minimum atomic E-state index is 0.912. The Hall–Kier alpha value is -2.27. The Labute approximate surface area is 112 Å². The summed E-state index contributed by atoms with van der Waals surface area (Å²) in [7, 11) is 0. The Morgan fingerprint density at radius 2 is 2.05 bits per heavy atom. The molecule has 0 unspecified atom stereocenters. The fraction of sp³-hybridized carbons (Fsp3) is 0.0714. The average Bonchev–Trinajstić information content (AvgIpc) is 3.07. The van der Waals surface area contributed by atoms with E-state index in [-0.39, 0.29) is 0 Å². The molecule has 90 valence electrons. The van der Waals surface area contributed by atoms with E-state index in [2.05, 4.69) is 37.3 Å². The highest BCUT2D eigenvalue weighted by Gasteiger charge is 2.30. The van der Waals surface area contributed by atoms with Crippen LogP contribution in [-0.4, -0.2) is 14.5 Å². The van der Waals surface area contributed by atoms with Gasteiger partial charge in [-0.3, -0.25) is 9.97 Å². The van der Waals surface area contributed by atoms with Crippen LogP contribution in [0.2, 0.25) is 0 Å². The van der Waals surface area contributed by atoms with Gasteiger partial charge in [0.15, 0.2) is 11.2 Å². The van der Waals surface area contributed by atoms with Crippen molar-refractivity contribution in [1.82, 2.24) is 14.5 Å². The summed E-state index contributed by atoms with van der Waals surface area (Å²) in [6.07, 6.45) is 9.84. The number of fused-ring (bicyclic) bond motifs is 7. The highest BCUT2D eigenvalue weighted by molar-refractivity contribution is 7.22. The summed E-state index contributed by atoms with van der Waals surface area (Å²) in [5.41, 5.74) is 5.11. The number of thiazole rings is 1. The average molecular weight is 265 g/mol. The van der Waals surface area contributed by atoms with Gasteiger partial charge in [0.1, 0.15) is 17.4 Å². The number of hydrogen-bond donors (Lipinski definition) is 0. The maximum atomic E-state index is 4.22. The zero-order valence-electron chi connectivity index (χ0n) is 9.95. The van der Waals surface area contributed by atoms with Crippen molar-refractivity contribution in [1.29, 1.82) is 0 Å². The number of aromatic nitrogens is 4. The Morgan fingerprint density at radius 3 is 3.05 bits per heavy atom.